The molecule has 2 amide bonds. The summed E-state index contributed by atoms with van der Waals surface area (Å²) in [6, 6.07) is 16.3. The number of hydrogen-bond acceptors (Lipinski definition) is 6. The first kappa shape index (κ1) is 31.9. The van der Waals surface area contributed by atoms with Crippen molar-refractivity contribution >= 4 is 18.0 Å². The predicted molar refractivity (Wildman–Crippen MR) is 159 cm³/mol. The third-order valence-electron chi connectivity index (χ3n) is 7.38. The monoisotopic (exact) mass is 564 g/mol. The fourth-order valence-electron chi connectivity index (χ4n) is 5.24. The van der Waals surface area contributed by atoms with Crippen LogP contribution < -0.4 is 5.32 Å². The molecule has 0 saturated carbocycles. The second-order valence-electron chi connectivity index (χ2n) is 11.5. The molecule has 3 atom stereocenters. The Labute approximate surface area is 244 Å². The van der Waals surface area contributed by atoms with E-state index in [0.717, 1.165) is 36.0 Å². The smallest absolute Gasteiger partial charge is 0.408 e. The van der Waals surface area contributed by atoms with E-state index in [2.05, 4.69) is 11.9 Å². The summed E-state index contributed by atoms with van der Waals surface area (Å²) in [5.74, 6) is -0.894. The van der Waals surface area contributed by atoms with E-state index in [1.165, 1.54) is 12.0 Å². The molecule has 1 saturated heterocycles. The van der Waals surface area contributed by atoms with Gasteiger partial charge in [-0.1, -0.05) is 73.5 Å². The van der Waals surface area contributed by atoms with Crippen LogP contribution in [0.25, 0.3) is 11.1 Å². The lowest BCUT2D eigenvalue weighted by molar-refractivity contribution is -0.151. The predicted octanol–water partition coefficient (Wildman–Crippen LogP) is 6.00. The first-order valence-corrected chi connectivity index (χ1v) is 14.2. The minimum absolute atomic E-state index is 0.135. The summed E-state index contributed by atoms with van der Waals surface area (Å²) in [6.45, 7) is 9.19. The van der Waals surface area contributed by atoms with Crippen LogP contribution in [-0.2, 0) is 29.4 Å². The lowest BCUT2D eigenvalue weighted by Gasteiger charge is -2.31. The molecule has 1 N–H and O–H groups in total. The minimum atomic E-state index is -0.926. The molecule has 0 bridgehead atoms. The topological polar surface area (TPSA) is 94.2 Å². The average Bonchev–Trinajstić information content (AvgIpc) is 3.36. The Kier molecular flexibility index (Phi) is 11.1. The van der Waals surface area contributed by atoms with Crippen molar-refractivity contribution < 1.29 is 28.6 Å². The van der Waals surface area contributed by atoms with Crippen LogP contribution in [0, 0.1) is 0 Å². The first-order valence-electron chi connectivity index (χ1n) is 14.2. The first-order chi connectivity index (χ1) is 19.5. The summed E-state index contributed by atoms with van der Waals surface area (Å²) in [7, 11) is 2.89. The van der Waals surface area contributed by atoms with Gasteiger partial charge in [0.05, 0.1) is 13.7 Å². The van der Waals surface area contributed by atoms with Gasteiger partial charge in [0.25, 0.3) is 0 Å². The normalized spacial score (nSPS) is 19.3. The fraction of sp³-hybridized carbons (Fsp3) is 0.485. The quantitative estimate of drug-likeness (QED) is 0.193. The van der Waals surface area contributed by atoms with Crippen LogP contribution in [0.15, 0.2) is 67.3 Å². The number of carbonyl (C=O) groups excluding carboxylic acids is 3. The molecule has 0 spiro atoms. The van der Waals surface area contributed by atoms with Gasteiger partial charge in [-0.25, -0.2) is 9.59 Å². The zero-order valence-electron chi connectivity index (χ0n) is 25.0. The molecule has 0 aromatic heterocycles. The number of nitrogens with zero attached hydrogens (tertiary/aromatic N) is 1. The van der Waals surface area contributed by atoms with Gasteiger partial charge in [-0.15, -0.1) is 6.58 Å². The fourth-order valence-corrected chi connectivity index (χ4v) is 5.24. The highest BCUT2D eigenvalue weighted by Crippen LogP contribution is 2.40. The number of hydrogen-bond donors (Lipinski definition) is 1. The van der Waals surface area contributed by atoms with E-state index in [1.54, 1.807) is 27.9 Å². The van der Waals surface area contributed by atoms with E-state index in [9.17, 15) is 14.4 Å². The van der Waals surface area contributed by atoms with Crippen molar-refractivity contribution in [2.24, 2.45) is 0 Å². The number of rotatable bonds is 12. The number of ether oxygens (including phenoxy) is 3. The molecule has 222 valence electrons. The summed E-state index contributed by atoms with van der Waals surface area (Å²) in [6.07, 6.45) is 5.24. The van der Waals surface area contributed by atoms with E-state index in [4.69, 9.17) is 14.2 Å². The van der Waals surface area contributed by atoms with Crippen LogP contribution in [0.5, 0.6) is 0 Å². The van der Waals surface area contributed by atoms with Crippen LogP contribution >= 0.6 is 0 Å². The van der Waals surface area contributed by atoms with Gasteiger partial charge in [0, 0.05) is 13.5 Å². The number of nitrogens with one attached hydrogen (secondary N) is 1. The van der Waals surface area contributed by atoms with Gasteiger partial charge in [-0.05, 0) is 56.7 Å². The van der Waals surface area contributed by atoms with Gasteiger partial charge in [-0.3, -0.25) is 4.79 Å². The molecule has 0 radical (unpaired) electrons. The molecule has 0 aliphatic carbocycles. The van der Waals surface area contributed by atoms with Crippen LogP contribution in [0.4, 0.5) is 4.79 Å². The van der Waals surface area contributed by atoms with Crippen LogP contribution in [0.1, 0.15) is 64.9 Å². The van der Waals surface area contributed by atoms with Gasteiger partial charge < -0.3 is 24.4 Å². The largest absolute Gasteiger partial charge is 0.467 e. The second-order valence-corrected chi connectivity index (χ2v) is 11.5. The molecule has 41 heavy (non-hydrogen) atoms. The van der Waals surface area contributed by atoms with Crippen LogP contribution in [0.2, 0.25) is 0 Å². The van der Waals surface area contributed by atoms with Crippen molar-refractivity contribution in [3.63, 3.8) is 0 Å². The number of carbonyl (C=O) groups is 3. The number of esters is 1. The van der Waals surface area contributed by atoms with E-state index in [1.807, 2.05) is 60.7 Å². The zero-order chi connectivity index (χ0) is 30.0. The third-order valence-corrected chi connectivity index (χ3v) is 7.38. The third kappa shape index (κ3) is 8.43. The van der Waals surface area contributed by atoms with Gasteiger partial charge >= 0.3 is 12.1 Å². The summed E-state index contributed by atoms with van der Waals surface area (Å²) in [5.41, 5.74) is 1.34. The lowest BCUT2D eigenvalue weighted by atomic mass is 9.89. The van der Waals surface area contributed by atoms with Gasteiger partial charge in [0.15, 0.2) is 0 Å². The highest BCUT2D eigenvalue weighted by molar-refractivity contribution is 5.90. The van der Waals surface area contributed by atoms with Crippen molar-refractivity contribution in [2.75, 3.05) is 20.8 Å². The minimum Gasteiger partial charge on any atom is -0.467 e. The van der Waals surface area contributed by atoms with E-state index in [-0.39, 0.29) is 18.9 Å². The molecule has 2 aromatic rings. The number of benzene rings is 2. The molecule has 2 aromatic carbocycles. The van der Waals surface area contributed by atoms with Crippen molar-refractivity contribution in [2.45, 2.75) is 82.6 Å². The molecule has 1 fully saturated rings. The SMILES string of the molecule is C=CCCCCCC(NC(=O)OC(C)(C)C)C(=O)N1C[C@](OC)(c2ccc(-c3ccccc3)cc2)C[C@H]1C(=O)OC. The molecule has 1 unspecified atom stereocenters. The molecule has 3 rings (SSSR count). The molecule has 1 aliphatic rings. The Balaban J connectivity index is 1.88. The maximum Gasteiger partial charge on any atom is 0.408 e. The molecule has 1 aliphatic heterocycles. The van der Waals surface area contributed by atoms with Gasteiger partial charge in [0.1, 0.15) is 23.3 Å². The number of methoxy groups -OCH3 is 2. The summed E-state index contributed by atoms with van der Waals surface area (Å²) < 4.78 is 16.6. The second kappa shape index (κ2) is 14.3. The van der Waals surface area contributed by atoms with Gasteiger partial charge in [0.2, 0.25) is 5.91 Å². The summed E-state index contributed by atoms with van der Waals surface area (Å²) in [4.78, 5) is 41.2. The van der Waals surface area contributed by atoms with Crippen LogP contribution in [0.3, 0.4) is 0 Å². The Morgan fingerprint density at radius 1 is 1.02 bits per heavy atom. The van der Waals surface area contributed by atoms with Crippen molar-refractivity contribution in [1.82, 2.24) is 10.2 Å². The average molecular weight is 565 g/mol. The number of alkyl carbamates (subject to hydrolysis) is 1. The molecular formula is C33H44N2O6. The Bertz CT molecular complexity index is 1170. The van der Waals surface area contributed by atoms with Crippen LogP contribution in [-0.4, -0.2) is 61.3 Å². The molecule has 8 heteroatoms. The lowest BCUT2D eigenvalue weighted by Crippen LogP contribution is -2.53. The van der Waals surface area contributed by atoms with Crippen molar-refractivity contribution in [3.05, 3.63) is 72.8 Å². The zero-order valence-corrected chi connectivity index (χ0v) is 25.0. The highest BCUT2D eigenvalue weighted by atomic mass is 16.6. The van der Waals surface area contributed by atoms with E-state index in [0.29, 0.717) is 12.8 Å². The Morgan fingerprint density at radius 3 is 2.27 bits per heavy atom. The number of allylic oxidation sites excluding steroid dienone is 1. The Morgan fingerprint density at radius 2 is 1.68 bits per heavy atom. The molecule has 8 nitrogen and oxygen atoms in total. The number of likely N-dealkylation sites (tertiary alicyclic amines) is 1. The number of unbranched alkanes of at least 4 members (excludes halogenated alkanes) is 3. The standard InChI is InChI=1S/C33H44N2O6/c1-7-8-9-10-14-17-27(34-31(38)41-32(2,3)4)29(36)35-23-33(40-6,22-28(35)30(37)39-5)26-20-18-25(19-21-26)24-15-12-11-13-16-24/h7,11-13,15-16,18-21,27-28H,1,8-10,14,17,22-23H2,2-6H3,(H,34,38)/t27?,28-,33-/m0/s1. The summed E-state index contributed by atoms with van der Waals surface area (Å²) >= 11 is 0. The molecular weight excluding hydrogens is 520 g/mol. The molecule has 1 heterocycles. The van der Waals surface area contributed by atoms with E-state index >= 15 is 0 Å². The van der Waals surface area contributed by atoms with Crippen molar-refractivity contribution in [1.29, 1.82) is 0 Å². The van der Waals surface area contributed by atoms with Gasteiger partial charge in [-0.2, -0.15) is 0 Å². The number of amides is 2. The maximum atomic E-state index is 14.0. The highest BCUT2D eigenvalue weighted by Gasteiger charge is 2.51. The Hall–Kier alpha value is -3.65. The maximum absolute atomic E-state index is 14.0. The van der Waals surface area contributed by atoms with E-state index < -0.39 is 35.3 Å². The summed E-state index contributed by atoms with van der Waals surface area (Å²) in [5, 5.41) is 2.76. The van der Waals surface area contributed by atoms with Crippen molar-refractivity contribution in [3.8, 4) is 11.1 Å².